The molecule has 0 bridgehead atoms. The summed E-state index contributed by atoms with van der Waals surface area (Å²) in [6, 6.07) is 3.89. The lowest BCUT2D eigenvalue weighted by molar-refractivity contribution is 0.0471. The van der Waals surface area contributed by atoms with E-state index in [9.17, 15) is 13.6 Å². The van der Waals surface area contributed by atoms with Gasteiger partial charge in [0, 0.05) is 0 Å². The summed E-state index contributed by atoms with van der Waals surface area (Å²) in [7, 11) is 0. The Morgan fingerprint density at radius 3 is 2.74 bits per heavy atom. The molecule has 2 rings (SSSR count). The van der Waals surface area contributed by atoms with E-state index in [0.29, 0.717) is 0 Å². The largest absolute Gasteiger partial charge is 0.456 e. The number of nitrogens with two attached hydrogens (primary N) is 1. The van der Waals surface area contributed by atoms with Crippen molar-refractivity contribution in [2.45, 2.75) is 6.61 Å². The van der Waals surface area contributed by atoms with E-state index in [1.807, 2.05) is 0 Å². The number of benzene rings is 1. The van der Waals surface area contributed by atoms with E-state index in [4.69, 9.17) is 10.5 Å². The summed E-state index contributed by atoms with van der Waals surface area (Å²) in [4.78, 5) is 11.9. The summed E-state index contributed by atoms with van der Waals surface area (Å²) >= 11 is 4.05. The van der Waals surface area contributed by atoms with Gasteiger partial charge in [-0.3, -0.25) is 0 Å². The van der Waals surface area contributed by atoms with E-state index in [0.717, 1.165) is 17.4 Å². The number of thiophene rings is 1. The van der Waals surface area contributed by atoms with Crippen molar-refractivity contribution in [2.75, 3.05) is 5.73 Å². The first-order chi connectivity index (χ1) is 9.00. The van der Waals surface area contributed by atoms with Crippen molar-refractivity contribution in [2.24, 2.45) is 0 Å². The number of anilines is 1. The SMILES string of the molecule is Nc1ccsc1C(=O)OCc1c(F)ccc(Br)c1F. The summed E-state index contributed by atoms with van der Waals surface area (Å²) in [5, 5.41) is 1.63. The zero-order valence-electron chi connectivity index (χ0n) is 9.45. The molecule has 100 valence electrons. The minimum Gasteiger partial charge on any atom is -0.456 e. The van der Waals surface area contributed by atoms with Gasteiger partial charge < -0.3 is 10.5 Å². The van der Waals surface area contributed by atoms with Gasteiger partial charge in [0.25, 0.3) is 0 Å². The van der Waals surface area contributed by atoms with Gasteiger partial charge in [-0.05, 0) is 39.5 Å². The molecule has 0 amide bonds. The predicted molar refractivity (Wildman–Crippen MR) is 71.9 cm³/mol. The Morgan fingerprint density at radius 2 is 2.11 bits per heavy atom. The third-order valence-electron chi connectivity index (χ3n) is 2.37. The van der Waals surface area contributed by atoms with Crippen LogP contribution in [0.2, 0.25) is 0 Å². The molecule has 0 fully saturated rings. The maximum absolute atomic E-state index is 13.6. The third-order valence-corrected chi connectivity index (χ3v) is 3.89. The minimum absolute atomic E-state index is 0.107. The summed E-state index contributed by atoms with van der Waals surface area (Å²) in [5.41, 5.74) is 5.52. The van der Waals surface area contributed by atoms with Gasteiger partial charge in [-0.1, -0.05) is 0 Å². The van der Waals surface area contributed by atoms with Crippen molar-refractivity contribution in [3.63, 3.8) is 0 Å². The molecular formula is C12H8BrF2NO2S. The van der Waals surface area contributed by atoms with E-state index >= 15 is 0 Å². The van der Waals surface area contributed by atoms with E-state index in [1.54, 1.807) is 11.4 Å². The van der Waals surface area contributed by atoms with Gasteiger partial charge in [0.2, 0.25) is 0 Å². The van der Waals surface area contributed by atoms with Gasteiger partial charge in [0.05, 0.1) is 15.7 Å². The molecule has 0 saturated carbocycles. The van der Waals surface area contributed by atoms with Crippen molar-refractivity contribution in [3.05, 3.63) is 50.1 Å². The summed E-state index contributed by atoms with van der Waals surface area (Å²) in [6.07, 6.45) is 0. The maximum atomic E-state index is 13.6. The second-order valence-electron chi connectivity index (χ2n) is 3.60. The second-order valence-corrected chi connectivity index (χ2v) is 5.37. The molecule has 3 nitrogen and oxygen atoms in total. The lowest BCUT2D eigenvalue weighted by Gasteiger charge is -2.07. The maximum Gasteiger partial charge on any atom is 0.350 e. The van der Waals surface area contributed by atoms with Crippen LogP contribution in [0.4, 0.5) is 14.5 Å². The van der Waals surface area contributed by atoms with Crippen LogP contribution in [0.15, 0.2) is 28.1 Å². The number of hydrogen-bond donors (Lipinski definition) is 1. The molecule has 0 aliphatic heterocycles. The standard InChI is InChI=1S/C12H8BrF2NO2S/c13-7-1-2-8(14)6(10(7)15)5-18-12(17)11-9(16)3-4-19-11/h1-4H,5,16H2. The highest BCUT2D eigenvalue weighted by molar-refractivity contribution is 9.10. The van der Waals surface area contributed by atoms with Gasteiger partial charge in [0.1, 0.15) is 23.1 Å². The van der Waals surface area contributed by atoms with Crippen molar-refractivity contribution in [1.82, 2.24) is 0 Å². The monoisotopic (exact) mass is 347 g/mol. The number of hydrogen-bond acceptors (Lipinski definition) is 4. The number of carbonyl (C=O) groups excluding carboxylic acids is 1. The lowest BCUT2D eigenvalue weighted by Crippen LogP contribution is -2.08. The number of ether oxygens (including phenoxy) is 1. The fraction of sp³-hybridized carbons (Fsp3) is 0.0833. The molecule has 0 saturated heterocycles. The van der Waals surface area contributed by atoms with E-state index in [1.165, 1.54) is 6.07 Å². The molecule has 0 aliphatic rings. The van der Waals surface area contributed by atoms with Crippen LogP contribution in [0.5, 0.6) is 0 Å². The molecule has 1 aromatic carbocycles. The minimum atomic E-state index is -0.785. The zero-order valence-corrected chi connectivity index (χ0v) is 11.9. The first-order valence-corrected chi connectivity index (χ1v) is 6.80. The van der Waals surface area contributed by atoms with Crippen LogP contribution in [0.25, 0.3) is 0 Å². The highest BCUT2D eigenvalue weighted by Gasteiger charge is 2.17. The summed E-state index contributed by atoms with van der Waals surface area (Å²) in [6.45, 7) is -0.493. The van der Waals surface area contributed by atoms with Crippen LogP contribution in [-0.4, -0.2) is 5.97 Å². The molecule has 0 unspecified atom stereocenters. The van der Waals surface area contributed by atoms with Gasteiger partial charge in [-0.25, -0.2) is 13.6 Å². The smallest absolute Gasteiger partial charge is 0.350 e. The number of halogens is 3. The Bertz CT molecular complexity index is 630. The van der Waals surface area contributed by atoms with Crippen molar-refractivity contribution in [3.8, 4) is 0 Å². The van der Waals surface area contributed by atoms with Gasteiger partial charge in [-0.2, -0.15) is 0 Å². The number of nitrogen functional groups attached to an aromatic ring is 1. The fourth-order valence-corrected chi connectivity index (χ4v) is 2.47. The molecule has 0 atom stereocenters. The number of esters is 1. The van der Waals surface area contributed by atoms with Crippen molar-refractivity contribution in [1.29, 1.82) is 0 Å². The summed E-state index contributed by atoms with van der Waals surface area (Å²) in [5.74, 6) is -2.26. The first kappa shape index (κ1) is 14.0. The van der Waals surface area contributed by atoms with Crippen molar-refractivity contribution >= 4 is 38.9 Å². The molecule has 2 aromatic rings. The number of rotatable bonds is 3. The third kappa shape index (κ3) is 2.93. The quantitative estimate of drug-likeness (QED) is 0.679. The van der Waals surface area contributed by atoms with Gasteiger partial charge in [-0.15, -0.1) is 11.3 Å². The molecule has 1 heterocycles. The van der Waals surface area contributed by atoms with E-state index < -0.39 is 24.2 Å². The molecular weight excluding hydrogens is 340 g/mol. The Kier molecular flexibility index (Phi) is 4.16. The predicted octanol–water partition coefficient (Wildman–Crippen LogP) is 3.73. The molecule has 0 radical (unpaired) electrons. The topological polar surface area (TPSA) is 52.3 Å². The van der Waals surface area contributed by atoms with E-state index in [-0.39, 0.29) is 20.6 Å². The van der Waals surface area contributed by atoms with E-state index in [2.05, 4.69) is 15.9 Å². The Hall–Kier alpha value is -1.47. The fourth-order valence-electron chi connectivity index (χ4n) is 1.39. The number of carbonyl (C=O) groups is 1. The molecule has 7 heteroatoms. The Balaban J connectivity index is 2.14. The van der Waals surface area contributed by atoms with Crippen LogP contribution < -0.4 is 5.73 Å². The van der Waals surface area contributed by atoms with Crippen LogP contribution >= 0.6 is 27.3 Å². The van der Waals surface area contributed by atoms with Gasteiger partial charge >= 0.3 is 5.97 Å². The lowest BCUT2D eigenvalue weighted by atomic mass is 10.2. The van der Waals surface area contributed by atoms with Crippen LogP contribution in [0, 0.1) is 11.6 Å². The van der Waals surface area contributed by atoms with Crippen molar-refractivity contribution < 1.29 is 18.3 Å². The molecule has 19 heavy (non-hydrogen) atoms. The summed E-state index contributed by atoms with van der Waals surface area (Å²) < 4.78 is 32.0. The highest BCUT2D eigenvalue weighted by Crippen LogP contribution is 2.24. The Morgan fingerprint density at radius 1 is 1.37 bits per heavy atom. The average Bonchev–Trinajstić information content (AvgIpc) is 2.80. The Labute approximate surface area is 120 Å². The first-order valence-electron chi connectivity index (χ1n) is 5.13. The molecule has 2 N–H and O–H groups in total. The highest BCUT2D eigenvalue weighted by atomic mass is 79.9. The molecule has 1 aromatic heterocycles. The molecule has 0 spiro atoms. The van der Waals surface area contributed by atoms with Crippen LogP contribution in [0.1, 0.15) is 15.2 Å². The average molecular weight is 348 g/mol. The normalized spacial score (nSPS) is 10.5. The molecule has 0 aliphatic carbocycles. The zero-order chi connectivity index (χ0) is 14.0. The van der Waals surface area contributed by atoms with Gasteiger partial charge in [0.15, 0.2) is 0 Å². The second kappa shape index (κ2) is 5.66. The van der Waals surface area contributed by atoms with Crippen LogP contribution in [-0.2, 0) is 11.3 Å². The van der Waals surface area contributed by atoms with Crippen LogP contribution in [0.3, 0.4) is 0 Å².